The number of benzene rings is 1. The Labute approximate surface area is 178 Å². The highest BCUT2D eigenvalue weighted by Gasteiger charge is 2.14. The highest BCUT2D eigenvalue weighted by Crippen LogP contribution is 2.18. The van der Waals surface area contributed by atoms with Crippen LogP contribution in [0.3, 0.4) is 0 Å². The van der Waals surface area contributed by atoms with E-state index in [1.54, 1.807) is 18.4 Å². The van der Waals surface area contributed by atoms with Gasteiger partial charge in [-0.05, 0) is 49.1 Å². The Balaban J connectivity index is 1.19. The number of nitrogens with zero attached hydrogens (tertiary/aromatic N) is 5. The van der Waals surface area contributed by atoms with Crippen molar-refractivity contribution >= 4 is 23.4 Å². The van der Waals surface area contributed by atoms with Gasteiger partial charge >= 0.3 is 0 Å². The molecule has 1 fully saturated rings. The molecule has 31 heavy (non-hydrogen) atoms. The number of anilines is 3. The van der Waals surface area contributed by atoms with Gasteiger partial charge in [0.15, 0.2) is 5.76 Å². The van der Waals surface area contributed by atoms with E-state index in [4.69, 9.17) is 14.9 Å². The molecule has 0 unspecified atom stereocenters. The van der Waals surface area contributed by atoms with Crippen LogP contribution in [0.15, 0.2) is 47.1 Å². The maximum Gasteiger partial charge on any atom is 0.259 e. The first-order valence-corrected chi connectivity index (χ1v) is 10.4. The van der Waals surface area contributed by atoms with Crippen LogP contribution in [-0.4, -0.2) is 50.4 Å². The van der Waals surface area contributed by atoms with E-state index >= 15 is 0 Å². The Morgan fingerprint density at radius 2 is 1.90 bits per heavy atom. The molecule has 0 saturated carbocycles. The number of aromatic nitrogens is 5. The normalized spacial score (nSPS) is 14.7. The van der Waals surface area contributed by atoms with E-state index in [9.17, 15) is 0 Å². The van der Waals surface area contributed by atoms with Gasteiger partial charge in [-0.1, -0.05) is 12.1 Å². The first-order chi connectivity index (χ1) is 15.2. The van der Waals surface area contributed by atoms with Crippen LogP contribution in [0.5, 0.6) is 0 Å². The molecule has 1 aliphatic rings. The van der Waals surface area contributed by atoms with E-state index in [0.29, 0.717) is 35.9 Å². The zero-order valence-corrected chi connectivity index (χ0v) is 17.0. The Morgan fingerprint density at radius 1 is 1.06 bits per heavy atom. The molecule has 4 N–H and O–H groups in total. The third kappa shape index (κ3) is 4.43. The van der Waals surface area contributed by atoms with Gasteiger partial charge in [0.2, 0.25) is 17.7 Å². The molecule has 10 nitrogen and oxygen atoms in total. The Bertz CT molecular complexity index is 1130. The molecule has 0 spiro atoms. The Hall–Kier alpha value is -3.66. The van der Waals surface area contributed by atoms with Gasteiger partial charge < -0.3 is 25.5 Å². The lowest BCUT2D eigenvalue weighted by Crippen LogP contribution is -2.27. The van der Waals surface area contributed by atoms with E-state index in [-0.39, 0.29) is 5.95 Å². The number of nitrogens with one attached hydrogen (secondary N) is 2. The van der Waals surface area contributed by atoms with Crippen molar-refractivity contribution in [2.75, 3.05) is 36.1 Å². The zero-order chi connectivity index (χ0) is 21.0. The molecule has 4 heterocycles. The van der Waals surface area contributed by atoms with Crippen LogP contribution in [-0.2, 0) is 11.2 Å². The average Bonchev–Trinajstić information content (AvgIpc) is 3.46. The molecule has 160 valence electrons. The first kappa shape index (κ1) is 19.3. The minimum absolute atomic E-state index is 0.210. The Morgan fingerprint density at radius 3 is 2.68 bits per heavy atom. The number of hydrogen-bond acceptors (Lipinski definition) is 9. The summed E-state index contributed by atoms with van der Waals surface area (Å²) in [5.74, 6) is 1.96. The largest absolute Gasteiger partial charge is 0.461 e. The van der Waals surface area contributed by atoms with Gasteiger partial charge in [0.05, 0.1) is 6.26 Å². The predicted molar refractivity (Wildman–Crippen MR) is 117 cm³/mol. The van der Waals surface area contributed by atoms with Crippen molar-refractivity contribution in [2.24, 2.45) is 0 Å². The zero-order valence-electron chi connectivity index (χ0n) is 17.0. The van der Waals surface area contributed by atoms with Gasteiger partial charge in [0, 0.05) is 31.5 Å². The number of nitrogen functional groups attached to an aromatic ring is 1. The molecule has 0 atom stereocenters. The summed E-state index contributed by atoms with van der Waals surface area (Å²) in [6.07, 6.45) is 4.50. The van der Waals surface area contributed by atoms with Crippen LogP contribution < -0.4 is 16.4 Å². The summed E-state index contributed by atoms with van der Waals surface area (Å²) in [6.45, 7) is 2.33. The van der Waals surface area contributed by atoms with E-state index in [1.165, 1.54) is 10.1 Å². The average molecular weight is 420 g/mol. The second-order valence-electron chi connectivity index (χ2n) is 7.43. The molecule has 3 aromatic heterocycles. The molecule has 1 aromatic carbocycles. The minimum atomic E-state index is 0.210. The number of nitrogens with two attached hydrogens (primary N) is 1. The topological polar surface area (TPSA) is 128 Å². The second-order valence-corrected chi connectivity index (χ2v) is 7.43. The lowest BCUT2D eigenvalue weighted by Gasteiger charge is -2.24. The summed E-state index contributed by atoms with van der Waals surface area (Å²) in [5.41, 5.74) is 8.39. The lowest BCUT2D eigenvalue weighted by atomic mass is 10.1. The highest BCUT2D eigenvalue weighted by molar-refractivity contribution is 5.52. The van der Waals surface area contributed by atoms with E-state index in [2.05, 4.69) is 54.9 Å². The molecule has 4 aromatic rings. The van der Waals surface area contributed by atoms with E-state index in [1.807, 2.05) is 0 Å². The maximum atomic E-state index is 6.02. The van der Waals surface area contributed by atoms with Crippen molar-refractivity contribution < 1.29 is 9.15 Å². The van der Waals surface area contributed by atoms with Crippen molar-refractivity contribution in [1.29, 1.82) is 0 Å². The van der Waals surface area contributed by atoms with Crippen LogP contribution in [0.2, 0.25) is 0 Å². The lowest BCUT2D eigenvalue weighted by molar-refractivity contribution is 0.0904. The molecular formula is C21H24N8O2. The third-order valence-electron chi connectivity index (χ3n) is 5.22. The SMILES string of the molecule is Nc1nc(NCCc2ccc(NC3CCOCC3)cc2)nc2nc(-c3ccco3)nn12. The second kappa shape index (κ2) is 8.60. The summed E-state index contributed by atoms with van der Waals surface area (Å²) >= 11 is 0. The molecule has 5 rings (SSSR count). The molecule has 0 aliphatic carbocycles. The summed E-state index contributed by atoms with van der Waals surface area (Å²) < 4.78 is 12.1. The van der Waals surface area contributed by atoms with Crippen LogP contribution in [0.25, 0.3) is 17.4 Å². The fraction of sp³-hybridized carbons (Fsp3) is 0.333. The molecule has 0 amide bonds. The fourth-order valence-corrected chi connectivity index (χ4v) is 3.56. The molecule has 0 radical (unpaired) electrons. The number of hydrogen-bond donors (Lipinski definition) is 3. The van der Waals surface area contributed by atoms with Crippen LogP contribution in [0.4, 0.5) is 17.6 Å². The van der Waals surface area contributed by atoms with Crippen molar-refractivity contribution in [1.82, 2.24) is 24.6 Å². The standard InChI is InChI=1S/C21H24N8O2/c22-19-26-20(27-21-25-18(28-29(19)21)17-2-1-11-31-17)23-10-7-14-3-5-15(6-4-14)24-16-8-12-30-13-9-16/h1-6,11,16,24H,7-10,12-13H2,(H3,22,23,25,26,27,28). The van der Waals surface area contributed by atoms with Gasteiger partial charge in [-0.2, -0.15) is 19.5 Å². The minimum Gasteiger partial charge on any atom is -0.461 e. The number of fused-ring (bicyclic) bond motifs is 1. The quantitative estimate of drug-likeness (QED) is 0.413. The van der Waals surface area contributed by atoms with Gasteiger partial charge in [-0.25, -0.2) is 0 Å². The molecule has 1 aliphatic heterocycles. The van der Waals surface area contributed by atoms with Crippen molar-refractivity contribution in [3.63, 3.8) is 0 Å². The molecule has 10 heteroatoms. The van der Waals surface area contributed by atoms with E-state index in [0.717, 1.165) is 38.2 Å². The first-order valence-electron chi connectivity index (χ1n) is 10.4. The molecule has 1 saturated heterocycles. The monoisotopic (exact) mass is 420 g/mol. The molecule has 0 bridgehead atoms. The number of rotatable bonds is 7. The summed E-state index contributed by atoms with van der Waals surface area (Å²) in [7, 11) is 0. The highest BCUT2D eigenvalue weighted by atomic mass is 16.5. The smallest absolute Gasteiger partial charge is 0.259 e. The van der Waals surface area contributed by atoms with Crippen molar-refractivity contribution in [3.05, 3.63) is 48.2 Å². The maximum absolute atomic E-state index is 6.02. The molecular weight excluding hydrogens is 396 g/mol. The predicted octanol–water partition coefficient (Wildman–Crippen LogP) is 2.61. The van der Waals surface area contributed by atoms with Gasteiger partial charge in [0.1, 0.15) is 0 Å². The van der Waals surface area contributed by atoms with Crippen molar-refractivity contribution in [2.45, 2.75) is 25.3 Å². The van der Waals surface area contributed by atoms with Gasteiger partial charge in [0.25, 0.3) is 5.78 Å². The summed E-state index contributed by atoms with van der Waals surface area (Å²) in [4.78, 5) is 13.0. The summed E-state index contributed by atoms with van der Waals surface area (Å²) in [5, 5.41) is 11.1. The van der Waals surface area contributed by atoms with Gasteiger partial charge in [-0.15, -0.1) is 5.10 Å². The number of furan rings is 1. The summed E-state index contributed by atoms with van der Waals surface area (Å²) in [6, 6.07) is 12.6. The van der Waals surface area contributed by atoms with Crippen LogP contribution in [0, 0.1) is 0 Å². The van der Waals surface area contributed by atoms with Gasteiger partial charge in [-0.3, -0.25) is 0 Å². The Kier molecular flexibility index (Phi) is 5.36. The van der Waals surface area contributed by atoms with E-state index < -0.39 is 0 Å². The fourth-order valence-electron chi connectivity index (χ4n) is 3.56. The van der Waals surface area contributed by atoms with Crippen molar-refractivity contribution in [3.8, 4) is 11.6 Å². The third-order valence-corrected chi connectivity index (χ3v) is 5.22. The number of ether oxygens (including phenoxy) is 1. The van der Waals surface area contributed by atoms with Crippen LogP contribution >= 0.6 is 0 Å². The van der Waals surface area contributed by atoms with Crippen LogP contribution in [0.1, 0.15) is 18.4 Å².